The lowest BCUT2D eigenvalue weighted by Gasteiger charge is -2.16. The van der Waals surface area contributed by atoms with Gasteiger partial charge in [-0.25, -0.2) is 0 Å². The van der Waals surface area contributed by atoms with Crippen LogP contribution in [0, 0.1) is 0 Å². The lowest BCUT2D eigenvalue weighted by Crippen LogP contribution is -2.20. The van der Waals surface area contributed by atoms with Crippen molar-refractivity contribution in [2.45, 2.75) is 41.5 Å². The van der Waals surface area contributed by atoms with Gasteiger partial charge in [-0.1, -0.05) is 75.0 Å². The van der Waals surface area contributed by atoms with Gasteiger partial charge in [-0.15, -0.1) is 0 Å². The summed E-state index contributed by atoms with van der Waals surface area (Å²) in [6, 6.07) is 0. The summed E-state index contributed by atoms with van der Waals surface area (Å²) < 4.78 is 0. The van der Waals surface area contributed by atoms with Crippen molar-refractivity contribution in [1.82, 2.24) is 4.90 Å². The zero-order chi connectivity index (χ0) is 17.3. The molecular formula is C18H30BrNO. The molecule has 0 bridgehead atoms. The minimum atomic E-state index is -0.0846. The van der Waals surface area contributed by atoms with Crippen LogP contribution >= 0.6 is 15.9 Å². The Morgan fingerprint density at radius 2 is 1.71 bits per heavy atom. The number of halogens is 1. The molecule has 21 heavy (non-hydrogen) atoms. The van der Waals surface area contributed by atoms with E-state index in [2.05, 4.69) is 29.1 Å². The molecule has 0 radical (unpaired) electrons. The molecule has 120 valence electrons. The Morgan fingerprint density at radius 1 is 1.19 bits per heavy atom. The molecular weight excluding hydrogens is 326 g/mol. The van der Waals surface area contributed by atoms with E-state index >= 15 is 0 Å². The molecule has 0 aliphatic carbocycles. The fourth-order valence-corrected chi connectivity index (χ4v) is 1.56. The summed E-state index contributed by atoms with van der Waals surface area (Å²) in [5.41, 5.74) is 1.75. The highest BCUT2D eigenvalue weighted by Crippen LogP contribution is 2.09. The van der Waals surface area contributed by atoms with Crippen LogP contribution < -0.4 is 0 Å². The molecule has 0 saturated carbocycles. The lowest BCUT2D eigenvalue weighted by molar-refractivity contribution is -0.124. The molecule has 0 saturated heterocycles. The van der Waals surface area contributed by atoms with E-state index in [9.17, 15) is 4.79 Å². The van der Waals surface area contributed by atoms with Crippen molar-refractivity contribution in [3.63, 3.8) is 0 Å². The van der Waals surface area contributed by atoms with E-state index in [-0.39, 0.29) is 5.91 Å². The van der Waals surface area contributed by atoms with Gasteiger partial charge in [0.25, 0.3) is 0 Å². The van der Waals surface area contributed by atoms with Crippen LogP contribution in [0.15, 0.2) is 61.0 Å². The third-order valence-corrected chi connectivity index (χ3v) is 2.68. The van der Waals surface area contributed by atoms with Crippen LogP contribution in [0.5, 0.6) is 0 Å². The van der Waals surface area contributed by atoms with Crippen LogP contribution in [0.1, 0.15) is 41.5 Å². The molecule has 0 aliphatic rings. The standard InChI is InChI=1S/C14H18BrNO.2C2H6/c1-5-7-10-16(13(4)17)12(3)8-9-14(6-2)11-15;2*1-2/h5-10H,1,3,11H2,2,4H3;2*1-2H3/b9-8-,10-7-,14-6+;;. The minimum Gasteiger partial charge on any atom is -0.289 e. The van der Waals surface area contributed by atoms with Gasteiger partial charge in [-0.05, 0) is 24.6 Å². The van der Waals surface area contributed by atoms with Crippen LogP contribution in [0.2, 0.25) is 0 Å². The number of hydrogen-bond donors (Lipinski definition) is 0. The van der Waals surface area contributed by atoms with E-state index in [0.717, 1.165) is 10.9 Å². The lowest BCUT2D eigenvalue weighted by atomic mass is 10.2. The summed E-state index contributed by atoms with van der Waals surface area (Å²) in [6.45, 7) is 18.9. The number of hydrogen-bond acceptors (Lipinski definition) is 1. The average molecular weight is 356 g/mol. The van der Waals surface area contributed by atoms with Gasteiger partial charge in [0.15, 0.2) is 0 Å². The Balaban J connectivity index is -0.000000739. The maximum atomic E-state index is 11.4. The zero-order valence-electron chi connectivity index (χ0n) is 14.3. The second-order valence-corrected chi connectivity index (χ2v) is 3.85. The molecule has 3 heteroatoms. The summed E-state index contributed by atoms with van der Waals surface area (Å²) in [4.78, 5) is 12.9. The van der Waals surface area contributed by atoms with Gasteiger partial charge in [0, 0.05) is 24.2 Å². The SMILES string of the molecule is C=C/C=C\N(C(=C)/C=C\C(=C/C)CBr)C(C)=O.CC.CC. The minimum absolute atomic E-state index is 0.0846. The van der Waals surface area contributed by atoms with Crippen molar-refractivity contribution in [3.05, 3.63) is 61.0 Å². The maximum Gasteiger partial charge on any atom is 0.227 e. The van der Waals surface area contributed by atoms with E-state index in [1.807, 2.05) is 52.8 Å². The molecule has 0 N–H and O–H groups in total. The first-order chi connectivity index (χ1) is 10.1. The molecule has 0 aromatic heterocycles. The molecule has 1 amide bonds. The monoisotopic (exact) mass is 355 g/mol. The van der Waals surface area contributed by atoms with Gasteiger partial charge in [-0.2, -0.15) is 0 Å². The normalized spacial score (nSPS) is 10.3. The Morgan fingerprint density at radius 3 is 2.05 bits per heavy atom. The first-order valence-electron chi connectivity index (χ1n) is 7.24. The molecule has 0 atom stereocenters. The summed E-state index contributed by atoms with van der Waals surface area (Å²) in [7, 11) is 0. The smallest absolute Gasteiger partial charge is 0.227 e. The predicted octanol–water partition coefficient (Wildman–Crippen LogP) is 6.00. The number of alkyl halides is 1. The van der Waals surface area contributed by atoms with Crippen molar-refractivity contribution in [1.29, 1.82) is 0 Å². The molecule has 0 aliphatic heterocycles. The summed E-state index contributed by atoms with van der Waals surface area (Å²) in [6.07, 6.45) is 10.7. The molecule has 0 heterocycles. The van der Waals surface area contributed by atoms with Gasteiger partial charge < -0.3 is 0 Å². The third kappa shape index (κ3) is 13.4. The number of carbonyl (C=O) groups excluding carboxylic acids is 1. The molecule has 0 aromatic rings. The molecule has 0 unspecified atom stereocenters. The van der Waals surface area contributed by atoms with Crippen molar-refractivity contribution < 1.29 is 4.79 Å². The van der Waals surface area contributed by atoms with Crippen LogP contribution in [-0.4, -0.2) is 16.1 Å². The third-order valence-electron chi connectivity index (χ3n) is 2.03. The molecule has 2 nitrogen and oxygen atoms in total. The highest BCUT2D eigenvalue weighted by atomic mass is 79.9. The fourth-order valence-electron chi connectivity index (χ4n) is 1.05. The number of amides is 1. The summed E-state index contributed by atoms with van der Waals surface area (Å²) in [5, 5.41) is 0.774. The van der Waals surface area contributed by atoms with Crippen molar-refractivity contribution in [2.24, 2.45) is 0 Å². The van der Waals surface area contributed by atoms with Gasteiger partial charge in [-0.3, -0.25) is 9.69 Å². The number of rotatable bonds is 6. The van der Waals surface area contributed by atoms with Crippen LogP contribution in [0.4, 0.5) is 0 Å². The molecule has 0 rings (SSSR count). The highest BCUT2D eigenvalue weighted by Gasteiger charge is 2.05. The largest absolute Gasteiger partial charge is 0.289 e. The van der Waals surface area contributed by atoms with E-state index in [4.69, 9.17) is 0 Å². The fraction of sp³-hybridized carbons (Fsp3) is 0.389. The second-order valence-electron chi connectivity index (χ2n) is 3.29. The van der Waals surface area contributed by atoms with Crippen LogP contribution in [0.3, 0.4) is 0 Å². The Hall–Kier alpha value is -1.35. The van der Waals surface area contributed by atoms with Gasteiger partial charge in [0.05, 0.1) is 0 Å². The Labute approximate surface area is 139 Å². The van der Waals surface area contributed by atoms with Crippen molar-refractivity contribution in [3.8, 4) is 0 Å². The number of allylic oxidation sites excluding steroid dienone is 6. The summed E-state index contributed by atoms with van der Waals surface area (Å²) >= 11 is 3.38. The van der Waals surface area contributed by atoms with Crippen molar-refractivity contribution >= 4 is 21.8 Å². The maximum absolute atomic E-state index is 11.4. The predicted molar refractivity (Wildman–Crippen MR) is 100 cm³/mol. The number of carbonyl (C=O) groups is 1. The first kappa shape index (κ1) is 24.7. The van der Waals surface area contributed by atoms with E-state index in [0.29, 0.717) is 5.70 Å². The molecule has 0 spiro atoms. The Kier molecular flexibility index (Phi) is 21.9. The van der Waals surface area contributed by atoms with Gasteiger partial charge in [0.2, 0.25) is 5.91 Å². The molecule has 0 fully saturated rings. The van der Waals surface area contributed by atoms with Crippen LogP contribution in [-0.2, 0) is 4.79 Å². The van der Waals surface area contributed by atoms with E-state index in [1.54, 1.807) is 18.4 Å². The second kappa shape index (κ2) is 18.6. The number of nitrogens with zero attached hydrogens (tertiary/aromatic N) is 1. The topological polar surface area (TPSA) is 20.3 Å². The molecule has 0 aromatic carbocycles. The quantitative estimate of drug-likeness (QED) is 0.422. The van der Waals surface area contributed by atoms with E-state index < -0.39 is 0 Å². The van der Waals surface area contributed by atoms with E-state index in [1.165, 1.54) is 11.8 Å². The zero-order valence-corrected chi connectivity index (χ0v) is 15.9. The first-order valence-corrected chi connectivity index (χ1v) is 8.36. The Bertz CT molecular complexity index is 379. The van der Waals surface area contributed by atoms with Gasteiger partial charge >= 0.3 is 0 Å². The average Bonchev–Trinajstić information content (AvgIpc) is 2.52. The van der Waals surface area contributed by atoms with Crippen LogP contribution in [0.25, 0.3) is 0 Å². The summed E-state index contributed by atoms with van der Waals surface area (Å²) in [5.74, 6) is -0.0846. The highest BCUT2D eigenvalue weighted by molar-refractivity contribution is 9.09. The van der Waals surface area contributed by atoms with Gasteiger partial charge in [0.1, 0.15) is 0 Å². The van der Waals surface area contributed by atoms with Crippen molar-refractivity contribution in [2.75, 3.05) is 5.33 Å².